The van der Waals surface area contributed by atoms with E-state index in [0.717, 1.165) is 11.6 Å². The van der Waals surface area contributed by atoms with Crippen LogP contribution in [0.25, 0.3) is 17.0 Å². The Labute approximate surface area is 189 Å². The highest BCUT2D eigenvalue weighted by molar-refractivity contribution is 6.06. The van der Waals surface area contributed by atoms with Gasteiger partial charge in [0.2, 0.25) is 11.7 Å². The maximum Gasteiger partial charge on any atom is 0.452 e. The number of hydrogen-bond acceptors (Lipinski definition) is 5. The lowest BCUT2D eigenvalue weighted by Crippen LogP contribution is -2.24. The van der Waals surface area contributed by atoms with Gasteiger partial charge in [-0.15, -0.1) is 0 Å². The van der Waals surface area contributed by atoms with E-state index in [0.29, 0.717) is 23.5 Å². The monoisotopic (exact) mass is 461 g/mol. The van der Waals surface area contributed by atoms with Gasteiger partial charge in [-0.2, -0.15) is 18.5 Å². The van der Waals surface area contributed by atoms with Crippen LogP contribution in [0.4, 0.5) is 13.2 Å². The van der Waals surface area contributed by atoms with Gasteiger partial charge in [0, 0.05) is 29.0 Å². The highest BCUT2D eigenvalue weighted by Gasteiger charge is 2.42. The maximum absolute atomic E-state index is 13.1. The molecule has 4 rings (SSSR count). The number of rotatable bonds is 3. The Kier molecular flexibility index (Phi) is 5.22. The summed E-state index contributed by atoms with van der Waals surface area (Å²) in [5.41, 5.74) is 1.89. The van der Waals surface area contributed by atoms with Gasteiger partial charge in [-0.25, -0.2) is 0 Å². The molecule has 1 aromatic carbocycles. The Hall–Kier alpha value is -3.10. The minimum atomic E-state index is -4.70. The molecule has 1 atom stereocenters. The van der Waals surface area contributed by atoms with E-state index in [-0.39, 0.29) is 28.5 Å². The molecule has 1 saturated heterocycles. The molecule has 6 nitrogen and oxygen atoms in total. The summed E-state index contributed by atoms with van der Waals surface area (Å²) in [6.45, 7) is 10.9. The average Bonchev–Trinajstić information content (AvgIpc) is 3.37. The number of benzene rings is 1. The largest absolute Gasteiger partial charge is 0.492 e. The standard InChI is InChI=1S/C24H24F3N2O4/c1-22(2,3)20-19(32-11-23(20,4)5)12-6-7-13(16-10-17(33-29-16)24(25,26)27)14(8-12)15-9-18(30)28-21(15)31/h6-8,10,15H,9,11H2,1-5H3. The number of carbonyl (C=O) groups excluding carboxylic acids is 2. The van der Waals surface area contributed by atoms with Gasteiger partial charge in [-0.05, 0) is 22.6 Å². The van der Waals surface area contributed by atoms with Crippen LogP contribution >= 0.6 is 0 Å². The Balaban J connectivity index is 1.90. The quantitative estimate of drug-likeness (QED) is 0.578. The van der Waals surface area contributed by atoms with Crippen molar-refractivity contribution in [2.45, 2.75) is 53.1 Å². The van der Waals surface area contributed by atoms with Gasteiger partial charge in [0.1, 0.15) is 11.5 Å². The SMILES string of the molecule is CC(C)(C)C1=C(c2ccc(-c3cc(C(F)(F)F)on3)c(C3CC(=O)[N]C3=O)c2)OCC1(C)C. The molecule has 0 spiro atoms. The molecule has 3 heterocycles. The second-order valence-corrected chi connectivity index (χ2v) is 10.1. The molecule has 0 saturated carbocycles. The molecule has 2 aliphatic heterocycles. The van der Waals surface area contributed by atoms with Crippen molar-refractivity contribution in [3.05, 3.63) is 46.7 Å². The van der Waals surface area contributed by atoms with Crippen LogP contribution in [0, 0.1) is 10.8 Å². The van der Waals surface area contributed by atoms with E-state index in [2.05, 4.69) is 49.6 Å². The van der Waals surface area contributed by atoms with E-state index in [9.17, 15) is 22.8 Å². The lowest BCUT2D eigenvalue weighted by molar-refractivity contribution is -0.155. The van der Waals surface area contributed by atoms with Crippen molar-refractivity contribution < 1.29 is 32.0 Å². The lowest BCUT2D eigenvalue weighted by Gasteiger charge is -2.31. The summed E-state index contributed by atoms with van der Waals surface area (Å²) < 4.78 is 49.7. The van der Waals surface area contributed by atoms with Crippen LogP contribution in [0.3, 0.4) is 0 Å². The number of aromatic nitrogens is 1. The third-order valence-corrected chi connectivity index (χ3v) is 5.90. The number of ether oxygens (including phenoxy) is 1. The number of nitrogens with zero attached hydrogens (tertiary/aromatic N) is 2. The highest BCUT2D eigenvalue weighted by Crippen LogP contribution is 2.50. The normalized spacial score (nSPS) is 20.9. The van der Waals surface area contributed by atoms with Crippen LogP contribution in [-0.4, -0.2) is 23.6 Å². The minimum Gasteiger partial charge on any atom is -0.492 e. The summed E-state index contributed by atoms with van der Waals surface area (Å²) in [4.78, 5) is 24.3. The van der Waals surface area contributed by atoms with Gasteiger partial charge in [0.25, 0.3) is 5.91 Å². The molecule has 2 aromatic rings. The second-order valence-electron chi connectivity index (χ2n) is 10.1. The summed E-state index contributed by atoms with van der Waals surface area (Å²) in [6.07, 6.45) is -4.85. The zero-order valence-electron chi connectivity index (χ0n) is 19.0. The highest BCUT2D eigenvalue weighted by atomic mass is 19.4. The summed E-state index contributed by atoms with van der Waals surface area (Å²) in [5, 5.41) is 7.05. The first-order valence-corrected chi connectivity index (χ1v) is 10.5. The van der Waals surface area contributed by atoms with E-state index in [4.69, 9.17) is 4.74 Å². The summed E-state index contributed by atoms with van der Waals surface area (Å²) in [5.74, 6) is -2.68. The summed E-state index contributed by atoms with van der Waals surface area (Å²) >= 11 is 0. The first-order valence-electron chi connectivity index (χ1n) is 10.5. The maximum atomic E-state index is 13.1. The van der Waals surface area contributed by atoms with Crippen LogP contribution < -0.4 is 5.32 Å². The molecule has 0 bridgehead atoms. The van der Waals surface area contributed by atoms with Crippen LogP contribution in [-0.2, 0) is 20.5 Å². The number of alkyl halides is 3. The van der Waals surface area contributed by atoms with Crippen LogP contribution in [0.2, 0.25) is 0 Å². The van der Waals surface area contributed by atoms with Gasteiger partial charge in [-0.3, -0.25) is 9.59 Å². The summed E-state index contributed by atoms with van der Waals surface area (Å²) in [7, 11) is 0. The molecule has 33 heavy (non-hydrogen) atoms. The number of halogens is 3. The van der Waals surface area contributed by atoms with Crippen molar-refractivity contribution >= 4 is 17.6 Å². The van der Waals surface area contributed by atoms with Crippen molar-refractivity contribution in [1.82, 2.24) is 10.5 Å². The van der Waals surface area contributed by atoms with Gasteiger partial charge in [0.05, 0.1) is 12.5 Å². The molecule has 0 aliphatic carbocycles. The average molecular weight is 461 g/mol. The predicted molar refractivity (Wildman–Crippen MR) is 113 cm³/mol. The van der Waals surface area contributed by atoms with Gasteiger partial charge in [0.15, 0.2) is 0 Å². The fourth-order valence-corrected chi connectivity index (χ4v) is 4.80. The van der Waals surface area contributed by atoms with Crippen LogP contribution in [0.15, 0.2) is 34.4 Å². The van der Waals surface area contributed by atoms with Crippen LogP contribution in [0.1, 0.15) is 63.8 Å². The first kappa shape index (κ1) is 23.1. The predicted octanol–water partition coefficient (Wildman–Crippen LogP) is 5.32. The van der Waals surface area contributed by atoms with E-state index in [1.807, 2.05) is 0 Å². The smallest absolute Gasteiger partial charge is 0.452 e. The first-order chi connectivity index (χ1) is 15.2. The molecule has 0 N–H and O–H groups in total. The molecule has 9 heteroatoms. The van der Waals surface area contributed by atoms with Crippen LogP contribution in [0.5, 0.6) is 0 Å². The van der Waals surface area contributed by atoms with E-state index in [1.165, 1.54) is 0 Å². The fraction of sp³-hybridized carbons (Fsp3) is 0.458. The molecule has 1 unspecified atom stereocenters. The van der Waals surface area contributed by atoms with Gasteiger partial charge < -0.3 is 9.26 Å². The number of amides is 2. The van der Waals surface area contributed by atoms with Crippen molar-refractivity contribution in [3.63, 3.8) is 0 Å². The summed E-state index contributed by atoms with van der Waals surface area (Å²) in [6, 6.07) is 5.78. The topological polar surface area (TPSA) is 83.5 Å². The van der Waals surface area contributed by atoms with Gasteiger partial charge >= 0.3 is 6.18 Å². The number of imide groups is 1. The fourth-order valence-electron chi connectivity index (χ4n) is 4.80. The second kappa shape index (κ2) is 7.46. The van der Waals surface area contributed by atoms with E-state index < -0.39 is 29.7 Å². The number of carbonyl (C=O) groups is 2. The molecule has 1 radical (unpaired) electrons. The molecule has 175 valence electrons. The minimum absolute atomic E-state index is 0.0753. The zero-order valence-corrected chi connectivity index (χ0v) is 19.0. The molecular weight excluding hydrogens is 437 g/mol. The van der Waals surface area contributed by atoms with Crippen molar-refractivity contribution in [2.75, 3.05) is 6.61 Å². The van der Waals surface area contributed by atoms with E-state index >= 15 is 0 Å². The Morgan fingerprint density at radius 1 is 1.09 bits per heavy atom. The van der Waals surface area contributed by atoms with Crippen molar-refractivity contribution in [3.8, 4) is 11.3 Å². The molecule has 1 aromatic heterocycles. The lowest BCUT2D eigenvalue weighted by atomic mass is 9.71. The Morgan fingerprint density at radius 3 is 2.33 bits per heavy atom. The zero-order chi connectivity index (χ0) is 24.3. The molecule has 2 amide bonds. The molecular formula is C24H24F3N2O4. The van der Waals surface area contributed by atoms with E-state index in [1.54, 1.807) is 18.2 Å². The Morgan fingerprint density at radius 2 is 1.79 bits per heavy atom. The van der Waals surface area contributed by atoms with Crippen molar-refractivity contribution in [1.29, 1.82) is 0 Å². The van der Waals surface area contributed by atoms with Gasteiger partial charge in [-0.1, -0.05) is 51.9 Å². The molecule has 1 fully saturated rings. The third-order valence-electron chi connectivity index (χ3n) is 5.90. The number of hydrogen-bond donors (Lipinski definition) is 0. The third kappa shape index (κ3) is 4.16. The Bertz CT molecular complexity index is 1170. The molecule has 2 aliphatic rings. The van der Waals surface area contributed by atoms with Crippen molar-refractivity contribution in [2.24, 2.45) is 10.8 Å².